The zero-order valence-electron chi connectivity index (χ0n) is 14.9. The van der Waals surface area contributed by atoms with Gasteiger partial charge in [-0.15, -0.1) is 0 Å². The van der Waals surface area contributed by atoms with E-state index >= 15 is 0 Å². The number of hydrazine groups is 1. The van der Waals surface area contributed by atoms with Gasteiger partial charge >= 0.3 is 0 Å². The molecule has 1 saturated carbocycles. The fourth-order valence-corrected chi connectivity index (χ4v) is 3.02. The number of amides is 3. The van der Waals surface area contributed by atoms with Gasteiger partial charge in [0.2, 0.25) is 11.8 Å². The van der Waals surface area contributed by atoms with Crippen LogP contribution < -0.4 is 20.3 Å². The normalized spacial score (nSPS) is 19.2. The Kier molecular flexibility index (Phi) is 5.29. The zero-order valence-corrected chi connectivity index (χ0v) is 14.9. The van der Waals surface area contributed by atoms with Crippen LogP contribution in [0.4, 0.5) is 0 Å². The van der Waals surface area contributed by atoms with Crippen molar-refractivity contribution in [1.82, 2.24) is 15.8 Å². The molecule has 0 bridgehead atoms. The standard InChI is InChI=1S/C18H23N3O5/c1-3-26-14-7-4-11(8-15(14)25-2)17(23)19-20-18(24)12-9-16(22)21(10-12)13-5-6-13/h4,7-8,12-13H,3,5-6,9-10H2,1-2H3,(H,19,23)(H,20,24)/t12-/m1/s1. The second-order valence-electron chi connectivity index (χ2n) is 6.42. The highest BCUT2D eigenvalue weighted by atomic mass is 16.5. The molecule has 1 atom stereocenters. The van der Waals surface area contributed by atoms with E-state index in [4.69, 9.17) is 9.47 Å². The van der Waals surface area contributed by atoms with Gasteiger partial charge < -0.3 is 14.4 Å². The summed E-state index contributed by atoms with van der Waals surface area (Å²) in [6.45, 7) is 2.76. The molecule has 2 fully saturated rings. The van der Waals surface area contributed by atoms with Gasteiger partial charge in [-0.1, -0.05) is 0 Å². The van der Waals surface area contributed by atoms with Crippen LogP contribution in [-0.2, 0) is 9.59 Å². The Bertz CT molecular complexity index is 717. The van der Waals surface area contributed by atoms with Crippen LogP contribution in [0.25, 0.3) is 0 Å². The van der Waals surface area contributed by atoms with Crippen LogP contribution in [0.2, 0.25) is 0 Å². The van der Waals surface area contributed by atoms with E-state index in [1.807, 2.05) is 6.92 Å². The molecule has 1 heterocycles. The number of ether oxygens (including phenoxy) is 2. The molecule has 3 rings (SSSR count). The van der Waals surface area contributed by atoms with Gasteiger partial charge in [0.1, 0.15) is 0 Å². The SMILES string of the molecule is CCOc1ccc(C(=O)NNC(=O)[C@@H]2CC(=O)N(C3CC3)C2)cc1OC. The van der Waals surface area contributed by atoms with Gasteiger partial charge in [0.05, 0.1) is 19.6 Å². The maximum absolute atomic E-state index is 12.2. The Morgan fingerprint density at radius 1 is 1.23 bits per heavy atom. The lowest BCUT2D eigenvalue weighted by Gasteiger charge is -2.15. The van der Waals surface area contributed by atoms with Crippen LogP contribution in [0.1, 0.15) is 36.5 Å². The monoisotopic (exact) mass is 361 g/mol. The molecule has 8 nitrogen and oxygen atoms in total. The lowest BCUT2D eigenvalue weighted by Crippen LogP contribution is -2.45. The van der Waals surface area contributed by atoms with Crippen molar-refractivity contribution < 1.29 is 23.9 Å². The number of carbonyl (C=O) groups is 3. The third-order valence-corrected chi connectivity index (χ3v) is 4.54. The highest BCUT2D eigenvalue weighted by Crippen LogP contribution is 2.32. The molecule has 1 aromatic rings. The lowest BCUT2D eigenvalue weighted by atomic mass is 10.1. The molecule has 1 aliphatic heterocycles. The first kappa shape index (κ1) is 18.0. The first-order chi connectivity index (χ1) is 12.5. The van der Waals surface area contributed by atoms with Crippen molar-refractivity contribution in [3.8, 4) is 11.5 Å². The van der Waals surface area contributed by atoms with Crippen molar-refractivity contribution >= 4 is 17.7 Å². The first-order valence-corrected chi connectivity index (χ1v) is 8.74. The molecule has 26 heavy (non-hydrogen) atoms. The molecular weight excluding hydrogens is 338 g/mol. The number of carbonyl (C=O) groups excluding carboxylic acids is 3. The summed E-state index contributed by atoms with van der Waals surface area (Å²) in [6.07, 6.45) is 2.21. The van der Waals surface area contributed by atoms with Crippen molar-refractivity contribution in [2.45, 2.75) is 32.2 Å². The van der Waals surface area contributed by atoms with Crippen LogP contribution in [0.5, 0.6) is 11.5 Å². The predicted molar refractivity (Wildman–Crippen MR) is 92.6 cm³/mol. The molecule has 8 heteroatoms. The Morgan fingerprint density at radius 2 is 2.00 bits per heavy atom. The Labute approximate surface area is 151 Å². The van der Waals surface area contributed by atoms with Crippen molar-refractivity contribution in [3.63, 3.8) is 0 Å². The predicted octanol–water partition coefficient (Wildman–Crippen LogP) is 0.866. The number of rotatable bonds is 6. The second-order valence-corrected chi connectivity index (χ2v) is 6.42. The smallest absolute Gasteiger partial charge is 0.269 e. The molecule has 0 radical (unpaired) electrons. The van der Waals surface area contributed by atoms with Gasteiger partial charge in [-0.2, -0.15) is 0 Å². The number of likely N-dealkylation sites (tertiary alicyclic amines) is 1. The van der Waals surface area contributed by atoms with Crippen LogP contribution in [0.3, 0.4) is 0 Å². The maximum atomic E-state index is 12.2. The second kappa shape index (κ2) is 7.63. The first-order valence-electron chi connectivity index (χ1n) is 8.74. The third-order valence-electron chi connectivity index (χ3n) is 4.54. The van der Waals surface area contributed by atoms with Gasteiger partial charge in [0.25, 0.3) is 5.91 Å². The van der Waals surface area contributed by atoms with E-state index in [2.05, 4.69) is 10.9 Å². The summed E-state index contributed by atoms with van der Waals surface area (Å²) in [6, 6.07) is 5.07. The van der Waals surface area contributed by atoms with Gasteiger partial charge in [-0.3, -0.25) is 25.2 Å². The lowest BCUT2D eigenvalue weighted by molar-refractivity contribution is -0.129. The largest absolute Gasteiger partial charge is 0.493 e. The van der Waals surface area contributed by atoms with Crippen LogP contribution in [0.15, 0.2) is 18.2 Å². The maximum Gasteiger partial charge on any atom is 0.269 e. The zero-order chi connectivity index (χ0) is 18.7. The fraction of sp³-hybridized carbons (Fsp3) is 0.500. The van der Waals surface area contributed by atoms with Crippen LogP contribution in [-0.4, -0.2) is 48.9 Å². The highest BCUT2D eigenvalue weighted by Gasteiger charge is 2.41. The van der Waals surface area contributed by atoms with Gasteiger partial charge in [0.15, 0.2) is 11.5 Å². The summed E-state index contributed by atoms with van der Waals surface area (Å²) in [7, 11) is 1.49. The Hall–Kier alpha value is -2.77. The van der Waals surface area contributed by atoms with Crippen molar-refractivity contribution in [1.29, 1.82) is 0 Å². The number of hydrogen-bond acceptors (Lipinski definition) is 5. The molecule has 1 aromatic carbocycles. The minimum atomic E-state index is -0.469. The van der Waals surface area contributed by atoms with E-state index < -0.39 is 11.8 Å². The fourth-order valence-electron chi connectivity index (χ4n) is 3.02. The molecule has 3 amide bonds. The quantitative estimate of drug-likeness (QED) is 0.733. The molecule has 1 saturated heterocycles. The molecular formula is C18H23N3O5. The molecule has 2 aliphatic rings. The average molecular weight is 361 g/mol. The molecule has 2 N–H and O–H groups in total. The van der Waals surface area contributed by atoms with Gasteiger partial charge in [-0.05, 0) is 38.0 Å². The summed E-state index contributed by atoms with van der Waals surface area (Å²) < 4.78 is 10.6. The summed E-state index contributed by atoms with van der Waals surface area (Å²) in [5.74, 6) is -0.267. The van der Waals surface area contributed by atoms with E-state index in [1.165, 1.54) is 7.11 Å². The summed E-state index contributed by atoms with van der Waals surface area (Å²) in [4.78, 5) is 38.2. The number of nitrogens with zero attached hydrogens (tertiary/aromatic N) is 1. The van der Waals surface area contributed by atoms with Gasteiger partial charge in [-0.25, -0.2) is 0 Å². The summed E-state index contributed by atoms with van der Waals surface area (Å²) in [5.41, 5.74) is 5.13. The number of nitrogens with one attached hydrogen (secondary N) is 2. The summed E-state index contributed by atoms with van der Waals surface area (Å²) >= 11 is 0. The third kappa shape index (κ3) is 3.89. The Balaban J connectivity index is 1.55. The number of methoxy groups -OCH3 is 1. The topological polar surface area (TPSA) is 97.0 Å². The molecule has 1 aliphatic carbocycles. The van der Waals surface area contributed by atoms with Crippen LogP contribution >= 0.6 is 0 Å². The van der Waals surface area contributed by atoms with E-state index in [1.54, 1.807) is 23.1 Å². The molecule has 0 unspecified atom stereocenters. The van der Waals surface area contributed by atoms with E-state index in [0.717, 1.165) is 12.8 Å². The minimum Gasteiger partial charge on any atom is -0.493 e. The minimum absolute atomic E-state index is 0.00947. The summed E-state index contributed by atoms with van der Waals surface area (Å²) in [5, 5.41) is 0. The highest BCUT2D eigenvalue weighted by molar-refractivity contribution is 5.97. The van der Waals surface area contributed by atoms with Crippen LogP contribution in [0, 0.1) is 5.92 Å². The van der Waals surface area contributed by atoms with Crippen molar-refractivity contribution in [2.75, 3.05) is 20.3 Å². The van der Waals surface area contributed by atoms with E-state index in [0.29, 0.717) is 36.3 Å². The van der Waals surface area contributed by atoms with Gasteiger partial charge in [0, 0.05) is 24.6 Å². The number of benzene rings is 1. The molecule has 0 spiro atoms. The molecule has 140 valence electrons. The molecule has 0 aromatic heterocycles. The Morgan fingerprint density at radius 3 is 2.65 bits per heavy atom. The number of hydrogen-bond donors (Lipinski definition) is 2. The van der Waals surface area contributed by atoms with Crippen molar-refractivity contribution in [3.05, 3.63) is 23.8 Å². The van der Waals surface area contributed by atoms with E-state index in [9.17, 15) is 14.4 Å². The van der Waals surface area contributed by atoms with E-state index in [-0.39, 0.29) is 18.2 Å². The average Bonchev–Trinajstić information content (AvgIpc) is 3.41. The van der Waals surface area contributed by atoms with Crippen molar-refractivity contribution in [2.24, 2.45) is 5.92 Å².